The molecular weight excluding hydrogens is 290 g/mol. The fraction of sp³-hybridized carbons (Fsp3) is 0.250. The third-order valence-electron chi connectivity index (χ3n) is 2.66. The summed E-state index contributed by atoms with van der Waals surface area (Å²) in [7, 11) is 0. The number of hydrogen-bond acceptors (Lipinski definition) is 5. The lowest BCUT2D eigenvalue weighted by atomic mass is 10.1. The van der Waals surface area contributed by atoms with Crippen LogP contribution in [0.4, 0.5) is 5.69 Å². The molecule has 0 fully saturated rings. The van der Waals surface area contributed by atoms with E-state index in [4.69, 9.17) is 16.3 Å². The molecule has 0 aliphatic rings. The van der Waals surface area contributed by atoms with Crippen LogP contribution in [0.25, 0.3) is 10.1 Å². The van der Waals surface area contributed by atoms with Crippen LogP contribution in [0.1, 0.15) is 22.2 Å². The number of carbonyl (C=O) groups excluding carboxylic acids is 1. The van der Waals surface area contributed by atoms with E-state index in [2.05, 4.69) is 0 Å². The first-order chi connectivity index (χ1) is 8.97. The van der Waals surface area contributed by atoms with Crippen molar-refractivity contribution < 1.29 is 14.5 Å². The number of non-ortho nitro benzene ring substituents is 1. The molecule has 0 N–H and O–H groups in total. The molecule has 0 aliphatic carbocycles. The zero-order chi connectivity index (χ0) is 14.2. The van der Waals surface area contributed by atoms with E-state index in [9.17, 15) is 14.9 Å². The van der Waals surface area contributed by atoms with Crippen molar-refractivity contribution in [3.05, 3.63) is 37.7 Å². The van der Waals surface area contributed by atoms with Gasteiger partial charge in [-0.3, -0.25) is 10.1 Å². The minimum atomic E-state index is -0.483. The predicted octanol–water partition coefficient (Wildman–Crippen LogP) is 3.95. The SMILES string of the molecule is CCOC(=O)c1sc2c([N+](=O)[O-])ccc(Cl)c2c1C. The fourth-order valence-electron chi connectivity index (χ4n) is 1.83. The second-order valence-corrected chi connectivity index (χ2v) is 5.23. The van der Waals surface area contributed by atoms with Crippen LogP contribution < -0.4 is 0 Å². The van der Waals surface area contributed by atoms with Crippen LogP contribution in [0.5, 0.6) is 0 Å². The van der Waals surface area contributed by atoms with Crippen molar-refractivity contribution in [3.8, 4) is 0 Å². The number of thiophene rings is 1. The summed E-state index contributed by atoms with van der Waals surface area (Å²) in [4.78, 5) is 22.7. The Labute approximate surface area is 117 Å². The van der Waals surface area contributed by atoms with E-state index in [0.717, 1.165) is 11.3 Å². The van der Waals surface area contributed by atoms with E-state index in [1.54, 1.807) is 13.8 Å². The molecule has 0 aliphatic heterocycles. The Hall–Kier alpha value is -1.66. The number of aryl methyl sites for hydroxylation is 1. The number of halogens is 1. The zero-order valence-corrected chi connectivity index (χ0v) is 11.8. The van der Waals surface area contributed by atoms with Crippen molar-refractivity contribution in [3.63, 3.8) is 0 Å². The number of rotatable bonds is 3. The molecule has 1 heterocycles. The third kappa shape index (κ3) is 2.29. The highest BCUT2D eigenvalue weighted by Gasteiger charge is 2.24. The highest BCUT2D eigenvalue weighted by molar-refractivity contribution is 7.21. The van der Waals surface area contributed by atoms with Crippen LogP contribution in [0.2, 0.25) is 5.02 Å². The lowest BCUT2D eigenvalue weighted by Gasteiger charge is -1.99. The van der Waals surface area contributed by atoms with Gasteiger partial charge in [0, 0.05) is 11.5 Å². The molecule has 0 saturated heterocycles. The Morgan fingerprint density at radius 3 is 2.79 bits per heavy atom. The van der Waals surface area contributed by atoms with Crippen LogP contribution in [-0.2, 0) is 4.74 Å². The summed E-state index contributed by atoms with van der Waals surface area (Å²) in [5, 5.41) is 11.9. The summed E-state index contributed by atoms with van der Waals surface area (Å²) < 4.78 is 5.34. The number of nitro benzene ring substituents is 1. The van der Waals surface area contributed by atoms with E-state index in [0.29, 0.717) is 25.5 Å². The maximum atomic E-state index is 11.8. The minimum absolute atomic E-state index is 0.0527. The van der Waals surface area contributed by atoms with Gasteiger partial charge < -0.3 is 4.74 Å². The molecule has 0 atom stereocenters. The molecule has 100 valence electrons. The van der Waals surface area contributed by atoms with E-state index in [1.807, 2.05) is 0 Å². The standard InChI is InChI=1S/C12H10ClNO4S/c1-3-18-12(15)10-6(2)9-7(13)4-5-8(14(16)17)11(9)19-10/h4-5H,3H2,1-2H3. The molecule has 1 aromatic carbocycles. The van der Waals surface area contributed by atoms with Crippen molar-refractivity contribution in [2.24, 2.45) is 0 Å². The quantitative estimate of drug-likeness (QED) is 0.489. The lowest BCUT2D eigenvalue weighted by molar-refractivity contribution is -0.382. The number of ether oxygens (including phenoxy) is 1. The first-order valence-electron chi connectivity index (χ1n) is 5.50. The Morgan fingerprint density at radius 1 is 1.53 bits per heavy atom. The molecule has 0 unspecified atom stereocenters. The number of benzene rings is 1. The van der Waals surface area contributed by atoms with E-state index in [1.165, 1.54) is 12.1 Å². The number of hydrogen-bond donors (Lipinski definition) is 0. The van der Waals surface area contributed by atoms with Gasteiger partial charge in [-0.25, -0.2) is 4.79 Å². The molecule has 0 bridgehead atoms. The van der Waals surface area contributed by atoms with Crippen molar-refractivity contribution in [2.45, 2.75) is 13.8 Å². The first-order valence-corrected chi connectivity index (χ1v) is 6.70. The number of nitro groups is 1. The summed E-state index contributed by atoms with van der Waals surface area (Å²) in [6.45, 7) is 3.67. The molecule has 0 radical (unpaired) electrons. The van der Waals surface area contributed by atoms with E-state index < -0.39 is 10.9 Å². The van der Waals surface area contributed by atoms with Gasteiger partial charge in [-0.1, -0.05) is 11.6 Å². The van der Waals surface area contributed by atoms with Crippen LogP contribution in [0, 0.1) is 17.0 Å². The Morgan fingerprint density at radius 2 is 2.21 bits per heavy atom. The summed E-state index contributed by atoms with van der Waals surface area (Å²) in [6.07, 6.45) is 0. The monoisotopic (exact) mass is 299 g/mol. The Bertz CT molecular complexity index is 680. The largest absolute Gasteiger partial charge is 0.462 e. The smallest absolute Gasteiger partial charge is 0.348 e. The second kappa shape index (κ2) is 5.14. The second-order valence-electron chi connectivity index (χ2n) is 3.80. The molecule has 5 nitrogen and oxygen atoms in total. The average molecular weight is 300 g/mol. The van der Waals surface area contributed by atoms with Crippen LogP contribution in [-0.4, -0.2) is 17.5 Å². The first kappa shape index (κ1) is 13.8. The van der Waals surface area contributed by atoms with Gasteiger partial charge in [0.05, 0.1) is 16.6 Å². The topological polar surface area (TPSA) is 69.4 Å². The van der Waals surface area contributed by atoms with Crippen molar-refractivity contribution in [1.29, 1.82) is 0 Å². The Kier molecular flexibility index (Phi) is 3.73. The predicted molar refractivity (Wildman–Crippen MR) is 74.2 cm³/mol. The van der Waals surface area contributed by atoms with Crippen LogP contribution >= 0.6 is 22.9 Å². The van der Waals surface area contributed by atoms with Crippen LogP contribution in [0.3, 0.4) is 0 Å². The van der Waals surface area contributed by atoms with E-state index in [-0.39, 0.29) is 12.3 Å². The van der Waals surface area contributed by atoms with Gasteiger partial charge in [0.1, 0.15) is 9.58 Å². The summed E-state index contributed by atoms with van der Waals surface area (Å²) >= 11 is 7.11. The lowest BCUT2D eigenvalue weighted by Crippen LogP contribution is -2.03. The Balaban J connectivity index is 2.74. The van der Waals surface area contributed by atoms with Gasteiger partial charge >= 0.3 is 5.97 Å². The zero-order valence-electron chi connectivity index (χ0n) is 10.2. The highest BCUT2D eigenvalue weighted by Crippen LogP contribution is 2.41. The molecule has 7 heteroatoms. The summed E-state index contributed by atoms with van der Waals surface area (Å²) in [6, 6.07) is 2.81. The molecule has 2 aromatic rings. The van der Waals surface area contributed by atoms with Crippen molar-refractivity contribution >= 4 is 44.7 Å². The third-order valence-corrected chi connectivity index (χ3v) is 4.27. The van der Waals surface area contributed by atoms with Gasteiger partial charge in [-0.05, 0) is 25.5 Å². The molecule has 2 rings (SSSR count). The van der Waals surface area contributed by atoms with Crippen molar-refractivity contribution in [1.82, 2.24) is 0 Å². The summed E-state index contributed by atoms with van der Waals surface area (Å²) in [5.41, 5.74) is 0.565. The molecular formula is C12H10ClNO4S. The van der Waals surface area contributed by atoms with Gasteiger partial charge in [0.25, 0.3) is 5.69 Å². The number of nitrogens with zero attached hydrogens (tertiary/aromatic N) is 1. The van der Waals surface area contributed by atoms with Gasteiger partial charge in [0.2, 0.25) is 0 Å². The maximum Gasteiger partial charge on any atom is 0.348 e. The van der Waals surface area contributed by atoms with Gasteiger partial charge in [0.15, 0.2) is 0 Å². The molecule has 19 heavy (non-hydrogen) atoms. The average Bonchev–Trinajstić information content (AvgIpc) is 2.68. The van der Waals surface area contributed by atoms with Crippen molar-refractivity contribution in [2.75, 3.05) is 6.61 Å². The van der Waals surface area contributed by atoms with Crippen LogP contribution in [0.15, 0.2) is 12.1 Å². The van der Waals surface area contributed by atoms with Gasteiger partial charge in [-0.15, -0.1) is 11.3 Å². The fourth-order valence-corrected chi connectivity index (χ4v) is 3.40. The van der Waals surface area contributed by atoms with Gasteiger partial charge in [-0.2, -0.15) is 0 Å². The normalized spacial score (nSPS) is 10.7. The molecule has 1 aromatic heterocycles. The molecule has 0 amide bonds. The molecule has 0 saturated carbocycles. The minimum Gasteiger partial charge on any atom is -0.462 e. The number of fused-ring (bicyclic) bond motifs is 1. The highest BCUT2D eigenvalue weighted by atomic mass is 35.5. The molecule has 0 spiro atoms. The number of esters is 1. The number of carbonyl (C=O) groups is 1. The summed E-state index contributed by atoms with van der Waals surface area (Å²) in [5.74, 6) is -0.480. The van der Waals surface area contributed by atoms with E-state index >= 15 is 0 Å². The maximum absolute atomic E-state index is 11.8.